The lowest BCUT2D eigenvalue weighted by molar-refractivity contribution is -0.132. The minimum atomic E-state index is -0.387. The van der Waals surface area contributed by atoms with E-state index in [1.807, 2.05) is 30.3 Å². The predicted octanol–water partition coefficient (Wildman–Crippen LogP) is 2.54. The average molecular weight is 202 g/mol. The Hall–Kier alpha value is -2.03. The van der Waals surface area contributed by atoms with Crippen molar-refractivity contribution in [2.75, 3.05) is 0 Å². The van der Waals surface area contributed by atoms with E-state index in [-0.39, 0.29) is 6.10 Å². The molecule has 0 spiro atoms. The van der Waals surface area contributed by atoms with E-state index in [0.29, 0.717) is 6.47 Å². The number of hydrogen-bond acceptors (Lipinski definition) is 3. The summed E-state index contributed by atoms with van der Waals surface area (Å²) in [6, 6.07) is 11.3. The standard InChI is InChI=1S/C12H10O3/c13-9-15-12(11-6-7-14-8-11)10-4-2-1-3-5-10/h1-9,12H. The van der Waals surface area contributed by atoms with Gasteiger partial charge in [0.1, 0.15) is 0 Å². The highest BCUT2D eigenvalue weighted by atomic mass is 16.5. The normalized spacial score (nSPS) is 12.0. The third-order valence-corrected chi connectivity index (χ3v) is 2.14. The molecule has 1 unspecified atom stereocenters. The molecule has 0 radical (unpaired) electrons. The van der Waals surface area contributed by atoms with Gasteiger partial charge in [-0.1, -0.05) is 30.3 Å². The fourth-order valence-electron chi connectivity index (χ4n) is 1.46. The number of carbonyl (C=O) groups is 1. The number of carbonyl (C=O) groups excluding carboxylic acids is 1. The van der Waals surface area contributed by atoms with Gasteiger partial charge in [0.25, 0.3) is 6.47 Å². The fourth-order valence-corrected chi connectivity index (χ4v) is 1.46. The molecule has 0 saturated carbocycles. The summed E-state index contributed by atoms with van der Waals surface area (Å²) in [4.78, 5) is 10.4. The van der Waals surface area contributed by atoms with Crippen LogP contribution in [-0.2, 0) is 9.53 Å². The molecule has 76 valence electrons. The molecule has 0 N–H and O–H groups in total. The lowest BCUT2D eigenvalue weighted by atomic mass is 10.0. The Morgan fingerprint density at radius 3 is 2.53 bits per heavy atom. The smallest absolute Gasteiger partial charge is 0.294 e. The fraction of sp³-hybridized carbons (Fsp3) is 0.0833. The maximum Gasteiger partial charge on any atom is 0.294 e. The minimum absolute atomic E-state index is 0.387. The summed E-state index contributed by atoms with van der Waals surface area (Å²) in [5.41, 5.74) is 1.75. The van der Waals surface area contributed by atoms with Crippen LogP contribution in [0.4, 0.5) is 0 Å². The first-order chi connectivity index (χ1) is 7.42. The second-order valence-electron chi connectivity index (χ2n) is 3.08. The molecule has 3 heteroatoms. The zero-order chi connectivity index (χ0) is 10.5. The summed E-state index contributed by atoms with van der Waals surface area (Å²) in [6.45, 7) is 0.449. The zero-order valence-corrected chi connectivity index (χ0v) is 8.00. The van der Waals surface area contributed by atoms with Crippen molar-refractivity contribution in [1.29, 1.82) is 0 Å². The Balaban J connectivity index is 2.32. The van der Waals surface area contributed by atoms with Crippen molar-refractivity contribution in [3.8, 4) is 0 Å². The second-order valence-corrected chi connectivity index (χ2v) is 3.08. The molecule has 1 heterocycles. The maximum atomic E-state index is 10.4. The van der Waals surface area contributed by atoms with Crippen molar-refractivity contribution < 1.29 is 13.9 Å². The number of benzene rings is 1. The van der Waals surface area contributed by atoms with Crippen LogP contribution in [0.5, 0.6) is 0 Å². The van der Waals surface area contributed by atoms with E-state index in [1.54, 1.807) is 18.6 Å². The van der Waals surface area contributed by atoms with E-state index in [1.165, 1.54) is 0 Å². The molecule has 2 rings (SSSR count). The van der Waals surface area contributed by atoms with Gasteiger partial charge in [0, 0.05) is 5.56 Å². The zero-order valence-electron chi connectivity index (χ0n) is 8.00. The van der Waals surface area contributed by atoms with Gasteiger partial charge >= 0.3 is 0 Å². The molecule has 0 bridgehead atoms. The maximum absolute atomic E-state index is 10.4. The summed E-state index contributed by atoms with van der Waals surface area (Å²) in [5.74, 6) is 0. The Bertz CT molecular complexity index is 406. The molecule has 0 amide bonds. The van der Waals surface area contributed by atoms with E-state index in [9.17, 15) is 4.79 Å². The molecule has 0 fully saturated rings. The minimum Gasteiger partial charge on any atom is -0.472 e. The number of furan rings is 1. The van der Waals surface area contributed by atoms with Crippen molar-refractivity contribution in [3.05, 3.63) is 60.1 Å². The van der Waals surface area contributed by atoms with Crippen LogP contribution in [0.15, 0.2) is 53.3 Å². The van der Waals surface area contributed by atoms with Gasteiger partial charge in [0.15, 0.2) is 6.10 Å². The molecule has 0 aliphatic carbocycles. The van der Waals surface area contributed by atoms with Crippen LogP contribution in [0.1, 0.15) is 17.2 Å². The molecule has 0 saturated heterocycles. The van der Waals surface area contributed by atoms with Gasteiger partial charge in [-0.25, -0.2) is 0 Å². The lowest BCUT2D eigenvalue weighted by Crippen LogP contribution is -2.03. The van der Waals surface area contributed by atoms with Crippen molar-refractivity contribution in [2.24, 2.45) is 0 Å². The van der Waals surface area contributed by atoms with Crippen molar-refractivity contribution >= 4 is 6.47 Å². The van der Waals surface area contributed by atoms with Crippen molar-refractivity contribution in [3.63, 3.8) is 0 Å². The van der Waals surface area contributed by atoms with E-state index in [4.69, 9.17) is 9.15 Å². The number of rotatable bonds is 4. The highest BCUT2D eigenvalue weighted by Crippen LogP contribution is 2.25. The molecule has 1 aromatic heterocycles. The van der Waals surface area contributed by atoms with Crippen molar-refractivity contribution in [2.45, 2.75) is 6.10 Å². The van der Waals surface area contributed by atoms with Crippen LogP contribution in [0.25, 0.3) is 0 Å². The van der Waals surface area contributed by atoms with E-state index < -0.39 is 0 Å². The first-order valence-corrected chi connectivity index (χ1v) is 4.58. The monoisotopic (exact) mass is 202 g/mol. The molecular weight excluding hydrogens is 192 g/mol. The first kappa shape index (κ1) is 9.52. The van der Waals surface area contributed by atoms with E-state index >= 15 is 0 Å². The van der Waals surface area contributed by atoms with Crippen LogP contribution in [0, 0.1) is 0 Å². The molecule has 15 heavy (non-hydrogen) atoms. The van der Waals surface area contributed by atoms with Gasteiger partial charge in [0.05, 0.1) is 12.5 Å². The highest BCUT2D eigenvalue weighted by molar-refractivity contribution is 5.41. The third kappa shape index (κ3) is 2.07. The van der Waals surface area contributed by atoms with Crippen LogP contribution >= 0.6 is 0 Å². The summed E-state index contributed by atoms with van der Waals surface area (Å²) in [6.07, 6.45) is 2.74. The largest absolute Gasteiger partial charge is 0.472 e. The third-order valence-electron chi connectivity index (χ3n) is 2.14. The molecule has 0 aliphatic rings. The molecular formula is C12H10O3. The van der Waals surface area contributed by atoms with E-state index in [0.717, 1.165) is 11.1 Å². The quantitative estimate of drug-likeness (QED) is 0.715. The summed E-state index contributed by atoms with van der Waals surface area (Å²) >= 11 is 0. The number of hydrogen-bond donors (Lipinski definition) is 0. The Morgan fingerprint density at radius 2 is 1.93 bits per heavy atom. The van der Waals surface area contributed by atoms with E-state index in [2.05, 4.69) is 0 Å². The van der Waals surface area contributed by atoms with Crippen LogP contribution in [0.3, 0.4) is 0 Å². The first-order valence-electron chi connectivity index (χ1n) is 4.58. The van der Waals surface area contributed by atoms with Crippen LogP contribution < -0.4 is 0 Å². The van der Waals surface area contributed by atoms with Gasteiger partial charge in [-0.05, 0) is 11.6 Å². The van der Waals surface area contributed by atoms with Gasteiger partial charge < -0.3 is 9.15 Å². The van der Waals surface area contributed by atoms with Gasteiger partial charge in [-0.15, -0.1) is 0 Å². The summed E-state index contributed by atoms with van der Waals surface area (Å²) in [5, 5.41) is 0. The van der Waals surface area contributed by atoms with Crippen molar-refractivity contribution in [1.82, 2.24) is 0 Å². The molecule has 1 aromatic carbocycles. The number of ether oxygens (including phenoxy) is 1. The summed E-state index contributed by atoms with van der Waals surface area (Å²) < 4.78 is 10.00. The molecule has 1 atom stereocenters. The van der Waals surface area contributed by atoms with Crippen LogP contribution in [0.2, 0.25) is 0 Å². The SMILES string of the molecule is O=COC(c1ccccc1)c1ccoc1. The van der Waals surface area contributed by atoms with Crippen LogP contribution in [-0.4, -0.2) is 6.47 Å². The lowest BCUT2D eigenvalue weighted by Gasteiger charge is -2.13. The Labute approximate surface area is 87.3 Å². The highest BCUT2D eigenvalue weighted by Gasteiger charge is 2.15. The van der Waals surface area contributed by atoms with Gasteiger partial charge in [0.2, 0.25) is 0 Å². The van der Waals surface area contributed by atoms with Gasteiger partial charge in [-0.3, -0.25) is 4.79 Å². The second kappa shape index (κ2) is 4.46. The molecule has 0 aliphatic heterocycles. The average Bonchev–Trinajstić information content (AvgIpc) is 2.80. The Kier molecular flexibility index (Phi) is 2.83. The predicted molar refractivity (Wildman–Crippen MR) is 54.1 cm³/mol. The molecule has 2 aromatic rings. The topological polar surface area (TPSA) is 39.4 Å². The summed E-state index contributed by atoms with van der Waals surface area (Å²) in [7, 11) is 0. The van der Waals surface area contributed by atoms with Gasteiger partial charge in [-0.2, -0.15) is 0 Å². The molecule has 3 nitrogen and oxygen atoms in total. The Morgan fingerprint density at radius 1 is 1.13 bits per heavy atom.